The number of rotatable bonds is 5. The number of nitrogens with zero attached hydrogens (tertiary/aromatic N) is 3. The van der Waals surface area contributed by atoms with E-state index in [4.69, 9.17) is 10.00 Å². The van der Waals surface area contributed by atoms with Crippen LogP contribution in [0.4, 0.5) is 0 Å². The molecule has 28 heavy (non-hydrogen) atoms. The molecule has 0 bridgehead atoms. The molecule has 2 aromatic carbocycles. The lowest BCUT2D eigenvalue weighted by atomic mass is 10.1. The van der Waals surface area contributed by atoms with Crippen LogP contribution < -0.4 is 4.74 Å². The second kappa shape index (κ2) is 9.38. The molecule has 0 spiro atoms. The van der Waals surface area contributed by atoms with Gasteiger partial charge < -0.3 is 9.64 Å². The third-order valence-corrected chi connectivity index (χ3v) is 5.07. The Balaban J connectivity index is 1.52. The third-order valence-electron chi connectivity index (χ3n) is 5.07. The van der Waals surface area contributed by atoms with Crippen molar-refractivity contribution in [3.05, 3.63) is 65.2 Å². The molecular weight excluding hydrogens is 350 g/mol. The van der Waals surface area contributed by atoms with Gasteiger partial charge in [-0.3, -0.25) is 9.69 Å². The van der Waals surface area contributed by atoms with Gasteiger partial charge in [-0.05, 0) is 50.1 Å². The van der Waals surface area contributed by atoms with E-state index in [-0.39, 0.29) is 5.91 Å². The van der Waals surface area contributed by atoms with Crippen molar-refractivity contribution in [2.45, 2.75) is 32.9 Å². The van der Waals surface area contributed by atoms with Gasteiger partial charge in [-0.2, -0.15) is 5.26 Å². The summed E-state index contributed by atoms with van der Waals surface area (Å²) >= 11 is 0. The number of carbonyl (C=O) groups excluding carboxylic acids is 1. The first-order valence-electron chi connectivity index (χ1n) is 9.78. The highest BCUT2D eigenvalue weighted by Gasteiger charge is 2.24. The highest BCUT2D eigenvalue weighted by Crippen LogP contribution is 2.16. The van der Waals surface area contributed by atoms with Crippen molar-refractivity contribution < 1.29 is 9.53 Å². The molecule has 1 atom stereocenters. The SMILES string of the molecule is Cc1ccc(CN2CCCN(C(=O)C(C)Oc3ccc(C#N)cc3)CC2)cc1. The van der Waals surface area contributed by atoms with Gasteiger partial charge >= 0.3 is 0 Å². The van der Waals surface area contributed by atoms with Crippen molar-refractivity contribution in [2.75, 3.05) is 26.2 Å². The molecule has 1 aliphatic heterocycles. The molecule has 1 saturated heterocycles. The second-order valence-electron chi connectivity index (χ2n) is 7.34. The van der Waals surface area contributed by atoms with Gasteiger partial charge in [-0.15, -0.1) is 0 Å². The van der Waals surface area contributed by atoms with Gasteiger partial charge in [-0.1, -0.05) is 29.8 Å². The predicted molar refractivity (Wildman–Crippen MR) is 109 cm³/mol. The van der Waals surface area contributed by atoms with E-state index >= 15 is 0 Å². The highest BCUT2D eigenvalue weighted by molar-refractivity contribution is 5.81. The summed E-state index contributed by atoms with van der Waals surface area (Å²) in [5, 5.41) is 8.87. The number of amides is 1. The first-order chi connectivity index (χ1) is 13.5. The van der Waals surface area contributed by atoms with E-state index in [0.717, 1.165) is 32.6 Å². The first-order valence-corrected chi connectivity index (χ1v) is 9.78. The molecule has 1 unspecified atom stereocenters. The number of ether oxygens (including phenoxy) is 1. The fourth-order valence-electron chi connectivity index (χ4n) is 3.42. The van der Waals surface area contributed by atoms with Crippen LogP contribution >= 0.6 is 0 Å². The zero-order valence-electron chi connectivity index (χ0n) is 16.6. The van der Waals surface area contributed by atoms with Crippen LogP contribution in [0.3, 0.4) is 0 Å². The largest absolute Gasteiger partial charge is 0.481 e. The lowest BCUT2D eigenvalue weighted by molar-refractivity contribution is -0.137. The monoisotopic (exact) mass is 377 g/mol. The Labute approximate surface area is 167 Å². The average molecular weight is 377 g/mol. The van der Waals surface area contributed by atoms with Crippen LogP contribution in [0, 0.1) is 18.3 Å². The maximum atomic E-state index is 12.8. The third kappa shape index (κ3) is 5.34. The van der Waals surface area contributed by atoms with E-state index in [0.29, 0.717) is 17.9 Å². The normalized spacial score (nSPS) is 16.1. The molecule has 1 amide bonds. The van der Waals surface area contributed by atoms with Crippen molar-refractivity contribution >= 4 is 5.91 Å². The van der Waals surface area contributed by atoms with Crippen molar-refractivity contribution in [1.29, 1.82) is 5.26 Å². The maximum absolute atomic E-state index is 12.8. The van der Waals surface area contributed by atoms with Crippen LogP contribution in [0.1, 0.15) is 30.0 Å². The van der Waals surface area contributed by atoms with E-state index in [9.17, 15) is 4.79 Å². The maximum Gasteiger partial charge on any atom is 0.263 e. The summed E-state index contributed by atoms with van der Waals surface area (Å²) in [4.78, 5) is 17.1. The standard InChI is InChI=1S/C23H27N3O2/c1-18-4-6-21(7-5-18)17-25-12-3-13-26(15-14-25)23(27)19(2)28-22-10-8-20(16-24)9-11-22/h4-11,19H,3,12-15,17H2,1-2H3. The van der Waals surface area contributed by atoms with E-state index in [1.165, 1.54) is 11.1 Å². The van der Waals surface area contributed by atoms with Crippen LogP contribution in [0.25, 0.3) is 0 Å². The van der Waals surface area contributed by atoms with Crippen LogP contribution in [-0.2, 0) is 11.3 Å². The number of hydrogen-bond acceptors (Lipinski definition) is 4. The first kappa shape index (κ1) is 19.9. The molecule has 0 radical (unpaired) electrons. The Kier molecular flexibility index (Phi) is 6.67. The number of nitriles is 1. The molecule has 0 saturated carbocycles. The van der Waals surface area contributed by atoms with Crippen LogP contribution in [-0.4, -0.2) is 48.0 Å². The zero-order chi connectivity index (χ0) is 19.9. The van der Waals surface area contributed by atoms with Gasteiger partial charge in [0.25, 0.3) is 5.91 Å². The minimum Gasteiger partial charge on any atom is -0.481 e. The Bertz CT molecular complexity index is 824. The van der Waals surface area contributed by atoms with Gasteiger partial charge in [0.15, 0.2) is 6.10 Å². The van der Waals surface area contributed by atoms with Gasteiger partial charge in [0.2, 0.25) is 0 Å². The number of hydrogen-bond donors (Lipinski definition) is 0. The van der Waals surface area contributed by atoms with Gasteiger partial charge in [0, 0.05) is 32.7 Å². The molecule has 0 N–H and O–H groups in total. The molecule has 1 heterocycles. The molecule has 0 aromatic heterocycles. The van der Waals surface area contributed by atoms with E-state index in [2.05, 4.69) is 42.2 Å². The number of aryl methyl sites for hydroxylation is 1. The zero-order valence-corrected chi connectivity index (χ0v) is 16.6. The lowest BCUT2D eigenvalue weighted by Crippen LogP contribution is -2.42. The van der Waals surface area contributed by atoms with Crippen LogP contribution in [0.15, 0.2) is 48.5 Å². The summed E-state index contributed by atoms with van der Waals surface area (Å²) in [5.74, 6) is 0.622. The molecule has 1 fully saturated rings. The highest BCUT2D eigenvalue weighted by atomic mass is 16.5. The molecule has 2 aromatic rings. The van der Waals surface area contributed by atoms with E-state index < -0.39 is 6.10 Å². The Morgan fingerprint density at radius 3 is 2.46 bits per heavy atom. The summed E-state index contributed by atoms with van der Waals surface area (Å²) in [6, 6.07) is 17.6. The van der Waals surface area contributed by atoms with Gasteiger partial charge in [0.05, 0.1) is 11.6 Å². The quantitative estimate of drug-likeness (QED) is 0.802. The molecular formula is C23H27N3O2. The molecule has 5 nitrogen and oxygen atoms in total. The minimum atomic E-state index is -0.545. The predicted octanol–water partition coefficient (Wildman–Crippen LogP) is 3.37. The van der Waals surface area contributed by atoms with Gasteiger partial charge in [-0.25, -0.2) is 0 Å². The summed E-state index contributed by atoms with van der Waals surface area (Å²) < 4.78 is 5.79. The fourth-order valence-corrected chi connectivity index (χ4v) is 3.42. The Morgan fingerprint density at radius 2 is 1.79 bits per heavy atom. The summed E-state index contributed by atoms with van der Waals surface area (Å²) in [6.45, 7) is 8.12. The summed E-state index contributed by atoms with van der Waals surface area (Å²) in [7, 11) is 0. The fraction of sp³-hybridized carbons (Fsp3) is 0.391. The Morgan fingerprint density at radius 1 is 1.07 bits per heavy atom. The molecule has 146 valence electrons. The number of carbonyl (C=O) groups is 1. The lowest BCUT2D eigenvalue weighted by Gasteiger charge is -2.25. The van der Waals surface area contributed by atoms with E-state index in [1.54, 1.807) is 31.2 Å². The van der Waals surface area contributed by atoms with Crippen molar-refractivity contribution in [3.8, 4) is 11.8 Å². The number of benzene rings is 2. The van der Waals surface area contributed by atoms with Crippen LogP contribution in [0.5, 0.6) is 5.75 Å². The van der Waals surface area contributed by atoms with Gasteiger partial charge in [0.1, 0.15) is 5.75 Å². The molecule has 0 aliphatic carbocycles. The average Bonchev–Trinajstić information content (AvgIpc) is 2.95. The van der Waals surface area contributed by atoms with E-state index in [1.807, 2.05) is 4.90 Å². The minimum absolute atomic E-state index is 0.0153. The molecule has 5 heteroatoms. The van der Waals surface area contributed by atoms with Crippen molar-refractivity contribution in [3.63, 3.8) is 0 Å². The Hall–Kier alpha value is -2.84. The van der Waals surface area contributed by atoms with Crippen molar-refractivity contribution in [2.24, 2.45) is 0 Å². The van der Waals surface area contributed by atoms with Crippen molar-refractivity contribution in [1.82, 2.24) is 9.80 Å². The topological polar surface area (TPSA) is 56.6 Å². The summed E-state index contributed by atoms with van der Waals surface area (Å²) in [5.41, 5.74) is 3.16. The molecule has 1 aliphatic rings. The second-order valence-corrected chi connectivity index (χ2v) is 7.34. The van der Waals surface area contributed by atoms with Crippen LogP contribution in [0.2, 0.25) is 0 Å². The molecule has 3 rings (SSSR count). The smallest absolute Gasteiger partial charge is 0.263 e. The summed E-state index contributed by atoms with van der Waals surface area (Å²) in [6.07, 6.45) is 0.415.